The van der Waals surface area contributed by atoms with Gasteiger partial charge in [0.1, 0.15) is 17.5 Å². The predicted molar refractivity (Wildman–Crippen MR) is 130 cm³/mol. The van der Waals surface area contributed by atoms with Crippen LogP contribution in [0.5, 0.6) is 0 Å². The smallest absolute Gasteiger partial charge is 0.270 e. The van der Waals surface area contributed by atoms with Crippen LogP contribution in [0.2, 0.25) is 0 Å². The van der Waals surface area contributed by atoms with Crippen molar-refractivity contribution < 1.29 is 19.2 Å². The van der Waals surface area contributed by atoms with Crippen LogP contribution in [0.4, 0.5) is 0 Å². The number of carbonyl (C=O) groups is 4. The van der Waals surface area contributed by atoms with Gasteiger partial charge in [0.25, 0.3) is 5.91 Å². The van der Waals surface area contributed by atoms with E-state index in [4.69, 9.17) is 0 Å². The first kappa shape index (κ1) is 23.0. The zero-order valence-electron chi connectivity index (χ0n) is 20.7. The van der Waals surface area contributed by atoms with Gasteiger partial charge in [-0.1, -0.05) is 13.3 Å². The summed E-state index contributed by atoms with van der Waals surface area (Å²) in [6, 6.07) is 0.845. The Morgan fingerprint density at radius 1 is 1.11 bits per heavy atom. The minimum Gasteiger partial charge on any atom is -0.354 e. The third-order valence-electron chi connectivity index (χ3n) is 9.82. The van der Waals surface area contributed by atoms with E-state index in [1.54, 1.807) is 11.8 Å². The first-order valence-electron chi connectivity index (χ1n) is 13.8. The molecule has 35 heavy (non-hydrogen) atoms. The van der Waals surface area contributed by atoms with Crippen molar-refractivity contribution in [3.8, 4) is 0 Å². The Morgan fingerprint density at radius 2 is 1.94 bits per heavy atom. The van der Waals surface area contributed by atoms with Gasteiger partial charge in [0.05, 0.1) is 6.04 Å². The number of likely N-dealkylation sites (tertiary alicyclic amines) is 1. The Balaban J connectivity index is 1.22. The Hall–Kier alpha value is -2.44. The minimum absolute atomic E-state index is 0.0341. The third-order valence-corrected chi connectivity index (χ3v) is 9.82. The van der Waals surface area contributed by atoms with Gasteiger partial charge in [-0.15, -0.1) is 0 Å². The number of hydrogen-bond acceptors (Lipinski definition) is 4. The van der Waals surface area contributed by atoms with Crippen LogP contribution in [0.15, 0.2) is 6.07 Å². The summed E-state index contributed by atoms with van der Waals surface area (Å²) in [5.41, 5.74) is 3.15. The zero-order chi connectivity index (χ0) is 24.3. The molecular weight excluding hydrogens is 442 g/mol. The van der Waals surface area contributed by atoms with Crippen LogP contribution < -0.4 is 5.32 Å². The van der Waals surface area contributed by atoms with Crippen molar-refractivity contribution in [2.24, 2.45) is 17.8 Å². The van der Waals surface area contributed by atoms with E-state index in [1.807, 2.05) is 6.07 Å². The second-order valence-electron chi connectivity index (χ2n) is 11.7. The number of carbonyl (C=O) groups excluding carboxylic acids is 4. The molecular formula is C28H37N3O4. The zero-order valence-corrected chi connectivity index (χ0v) is 20.7. The van der Waals surface area contributed by atoms with E-state index >= 15 is 0 Å². The standard InChI is InChI=1S/C28H37N3O4/c1-2-23(32)21(12-16-5-4-8-24(16)33)30-27(34)26-19-7-3-6-18(19)14-31(26)28(35)22-13-20-15-9-10-17(11-15)25(20)29-22/h13,15-19,21,26,29H,2-12,14H2,1H3,(H,30,34). The fourth-order valence-corrected chi connectivity index (χ4v) is 8.00. The van der Waals surface area contributed by atoms with Gasteiger partial charge in [-0.25, -0.2) is 0 Å². The third kappa shape index (κ3) is 3.86. The van der Waals surface area contributed by atoms with Gasteiger partial charge in [0, 0.05) is 31.0 Å². The van der Waals surface area contributed by atoms with E-state index in [9.17, 15) is 19.2 Å². The maximum absolute atomic E-state index is 13.7. The second-order valence-corrected chi connectivity index (χ2v) is 11.7. The first-order chi connectivity index (χ1) is 16.9. The lowest BCUT2D eigenvalue weighted by molar-refractivity contribution is -0.131. The van der Waals surface area contributed by atoms with Crippen molar-refractivity contribution in [3.63, 3.8) is 0 Å². The molecule has 7 atom stereocenters. The van der Waals surface area contributed by atoms with Gasteiger partial charge in [0.15, 0.2) is 5.78 Å². The van der Waals surface area contributed by atoms with E-state index in [1.165, 1.54) is 30.5 Å². The molecule has 6 rings (SSSR count). The number of H-pyrrole nitrogens is 1. The van der Waals surface area contributed by atoms with Crippen molar-refractivity contribution in [3.05, 3.63) is 23.0 Å². The molecule has 7 heteroatoms. The van der Waals surface area contributed by atoms with Crippen molar-refractivity contribution in [1.82, 2.24) is 15.2 Å². The van der Waals surface area contributed by atoms with Gasteiger partial charge < -0.3 is 15.2 Å². The van der Waals surface area contributed by atoms with Crippen LogP contribution in [0.1, 0.15) is 111 Å². The average molecular weight is 480 g/mol. The molecule has 2 heterocycles. The van der Waals surface area contributed by atoms with E-state index in [0.29, 0.717) is 49.3 Å². The highest BCUT2D eigenvalue weighted by molar-refractivity contribution is 5.98. The van der Waals surface area contributed by atoms with Crippen LogP contribution in [0.3, 0.4) is 0 Å². The predicted octanol–water partition coefficient (Wildman–Crippen LogP) is 3.84. The number of amides is 2. The Kier molecular flexibility index (Phi) is 5.84. The topological polar surface area (TPSA) is 99.3 Å². The minimum atomic E-state index is -0.651. The highest BCUT2D eigenvalue weighted by Crippen LogP contribution is 2.53. The van der Waals surface area contributed by atoms with Gasteiger partial charge >= 0.3 is 0 Å². The lowest BCUT2D eigenvalue weighted by atomic mass is 9.91. The van der Waals surface area contributed by atoms with Crippen molar-refractivity contribution in [2.45, 2.75) is 101 Å². The maximum atomic E-state index is 13.7. The summed E-state index contributed by atoms with van der Waals surface area (Å²) in [6.45, 7) is 2.40. The Bertz CT molecular complexity index is 1030. The molecule has 2 amide bonds. The number of Topliss-reactive ketones (excluding diaryl/α,β-unsaturated/α-hetero) is 2. The van der Waals surface area contributed by atoms with Crippen LogP contribution >= 0.6 is 0 Å². The molecule has 3 saturated carbocycles. The molecule has 0 spiro atoms. The Morgan fingerprint density at radius 3 is 2.69 bits per heavy atom. The van der Waals surface area contributed by atoms with E-state index in [2.05, 4.69) is 10.3 Å². The molecule has 7 unspecified atom stereocenters. The largest absolute Gasteiger partial charge is 0.354 e. The number of fused-ring (bicyclic) bond motifs is 6. The molecule has 4 aliphatic carbocycles. The van der Waals surface area contributed by atoms with Crippen molar-refractivity contribution in [2.75, 3.05) is 6.54 Å². The number of nitrogens with zero attached hydrogens (tertiary/aromatic N) is 1. The average Bonchev–Trinajstić information content (AvgIpc) is 3.66. The molecule has 2 bridgehead atoms. The second kappa shape index (κ2) is 8.90. The molecule has 0 aromatic carbocycles. The first-order valence-corrected chi connectivity index (χ1v) is 13.8. The fraction of sp³-hybridized carbons (Fsp3) is 0.714. The SMILES string of the molecule is CCC(=O)C(CC1CCCC1=O)NC(=O)C1C2CCCC2CN1C(=O)c1cc2c([nH]1)C1CCC2C1. The molecule has 7 nitrogen and oxygen atoms in total. The summed E-state index contributed by atoms with van der Waals surface area (Å²) < 4.78 is 0. The summed E-state index contributed by atoms with van der Waals surface area (Å²) in [6.07, 6.45) is 9.59. The Labute approximate surface area is 206 Å². The summed E-state index contributed by atoms with van der Waals surface area (Å²) in [4.78, 5) is 57.7. The highest BCUT2D eigenvalue weighted by atomic mass is 16.2. The molecule has 188 valence electrons. The van der Waals surface area contributed by atoms with Crippen LogP contribution in [0, 0.1) is 17.8 Å². The molecule has 2 N–H and O–H groups in total. The van der Waals surface area contributed by atoms with Crippen molar-refractivity contribution >= 4 is 23.4 Å². The maximum Gasteiger partial charge on any atom is 0.270 e. The van der Waals surface area contributed by atoms with Crippen LogP contribution in [-0.2, 0) is 14.4 Å². The molecule has 4 fully saturated rings. The monoisotopic (exact) mass is 479 g/mol. The van der Waals surface area contributed by atoms with Gasteiger partial charge in [-0.3, -0.25) is 19.2 Å². The number of aromatic nitrogens is 1. The van der Waals surface area contributed by atoms with Crippen molar-refractivity contribution in [1.29, 1.82) is 0 Å². The lowest BCUT2D eigenvalue weighted by Gasteiger charge is -2.29. The number of hydrogen-bond donors (Lipinski definition) is 2. The number of aromatic amines is 1. The molecule has 1 aromatic heterocycles. The van der Waals surface area contributed by atoms with Gasteiger partial charge in [0.2, 0.25) is 5.91 Å². The van der Waals surface area contributed by atoms with Gasteiger partial charge in [-0.2, -0.15) is 0 Å². The molecule has 5 aliphatic rings. The molecule has 1 aromatic rings. The van der Waals surface area contributed by atoms with E-state index in [0.717, 1.165) is 32.1 Å². The molecule has 1 aliphatic heterocycles. The highest BCUT2D eigenvalue weighted by Gasteiger charge is 2.50. The summed E-state index contributed by atoms with van der Waals surface area (Å²) >= 11 is 0. The van der Waals surface area contributed by atoms with Gasteiger partial charge in [-0.05, 0) is 86.7 Å². The number of nitrogens with one attached hydrogen (secondary N) is 2. The number of rotatable bonds is 7. The fourth-order valence-electron chi connectivity index (χ4n) is 8.00. The normalized spacial score (nSPS) is 33.7. The van der Waals surface area contributed by atoms with E-state index < -0.39 is 12.1 Å². The summed E-state index contributed by atoms with van der Waals surface area (Å²) in [5.74, 6) is 1.32. The van der Waals surface area contributed by atoms with Crippen LogP contribution in [-0.4, -0.2) is 51.9 Å². The lowest BCUT2D eigenvalue weighted by Crippen LogP contribution is -2.53. The summed E-state index contributed by atoms with van der Waals surface area (Å²) in [5, 5.41) is 3.02. The quantitative estimate of drug-likeness (QED) is 0.621. The molecule has 1 saturated heterocycles. The number of ketones is 2. The van der Waals surface area contributed by atoms with Crippen LogP contribution in [0.25, 0.3) is 0 Å². The molecule has 0 radical (unpaired) electrons. The van der Waals surface area contributed by atoms with E-state index in [-0.39, 0.29) is 35.2 Å². The summed E-state index contributed by atoms with van der Waals surface area (Å²) in [7, 11) is 0.